The second kappa shape index (κ2) is 4.42. The van der Waals surface area contributed by atoms with Crippen LogP contribution in [0.5, 0.6) is 0 Å². The van der Waals surface area contributed by atoms with Gasteiger partial charge in [-0.1, -0.05) is 29.8 Å². The van der Waals surface area contributed by atoms with Gasteiger partial charge < -0.3 is 0 Å². The molecule has 0 saturated heterocycles. The Morgan fingerprint density at radius 3 is 2.33 bits per heavy atom. The monoisotopic (exact) mass is 268 g/mol. The molecule has 94 valence electrons. The summed E-state index contributed by atoms with van der Waals surface area (Å²) >= 11 is 5.41. The van der Waals surface area contributed by atoms with E-state index in [9.17, 15) is 14.0 Å². The molecule has 0 amide bonds. The minimum absolute atomic E-state index is 0.374. The van der Waals surface area contributed by atoms with Gasteiger partial charge in [0.1, 0.15) is 0 Å². The number of aromatic amines is 1. The average Bonchev–Trinajstić information content (AvgIpc) is 2.30. The van der Waals surface area contributed by atoms with Crippen LogP contribution in [0.3, 0.4) is 0 Å². The summed E-state index contributed by atoms with van der Waals surface area (Å²) < 4.78 is 14.2. The number of aryl methyl sites for hydroxylation is 2. The normalized spacial score (nSPS) is 10.7. The highest BCUT2D eigenvalue weighted by Crippen LogP contribution is 2.16. The van der Waals surface area contributed by atoms with Crippen molar-refractivity contribution in [1.29, 1.82) is 0 Å². The molecule has 1 heterocycles. The maximum atomic E-state index is 13.5. The molecule has 0 bridgehead atoms. The summed E-state index contributed by atoms with van der Waals surface area (Å²) in [4.78, 5) is 25.7. The molecule has 0 atom stereocenters. The van der Waals surface area contributed by atoms with Gasteiger partial charge in [0, 0.05) is 0 Å². The van der Waals surface area contributed by atoms with Gasteiger partial charge >= 0.3 is 5.69 Å². The first-order chi connectivity index (χ1) is 8.43. The predicted molar refractivity (Wildman–Crippen MR) is 67.1 cm³/mol. The van der Waals surface area contributed by atoms with Gasteiger partial charge in [0.15, 0.2) is 5.15 Å². The molecular formula is C12H10ClFN2O2. The molecule has 4 nitrogen and oxygen atoms in total. The largest absolute Gasteiger partial charge is 0.334 e. The molecule has 0 aliphatic carbocycles. The van der Waals surface area contributed by atoms with Crippen molar-refractivity contribution in [3.8, 4) is 5.69 Å². The Bertz CT molecular complexity index is 714. The van der Waals surface area contributed by atoms with E-state index in [1.807, 2.05) is 0 Å². The number of hydrogen-bond acceptors (Lipinski definition) is 2. The summed E-state index contributed by atoms with van der Waals surface area (Å²) in [5.74, 6) is -1.17. The number of hydrogen-bond donors (Lipinski definition) is 1. The van der Waals surface area contributed by atoms with Gasteiger partial charge in [-0.25, -0.2) is 9.36 Å². The van der Waals surface area contributed by atoms with Crippen molar-refractivity contribution in [3.05, 3.63) is 61.1 Å². The molecule has 0 radical (unpaired) electrons. The second-order valence-corrected chi connectivity index (χ2v) is 4.32. The number of nitrogens with zero attached hydrogens (tertiary/aromatic N) is 1. The Hall–Kier alpha value is -1.88. The third-order valence-corrected chi connectivity index (χ3v) is 2.93. The highest BCUT2D eigenvalue weighted by Gasteiger charge is 2.16. The van der Waals surface area contributed by atoms with Crippen LogP contribution in [0.15, 0.2) is 27.8 Å². The zero-order valence-electron chi connectivity index (χ0n) is 9.75. The van der Waals surface area contributed by atoms with E-state index < -0.39 is 22.2 Å². The van der Waals surface area contributed by atoms with Crippen LogP contribution in [0.25, 0.3) is 5.69 Å². The molecule has 0 spiro atoms. The summed E-state index contributed by atoms with van der Waals surface area (Å²) in [7, 11) is 0. The van der Waals surface area contributed by atoms with Crippen molar-refractivity contribution in [2.75, 3.05) is 0 Å². The number of benzene rings is 1. The quantitative estimate of drug-likeness (QED) is 0.804. The van der Waals surface area contributed by atoms with Gasteiger partial charge in [-0.15, -0.1) is 0 Å². The Labute approximate surface area is 107 Å². The minimum Gasteiger partial charge on any atom is -0.295 e. The molecule has 0 aliphatic heterocycles. The van der Waals surface area contributed by atoms with Crippen molar-refractivity contribution in [2.45, 2.75) is 13.8 Å². The summed E-state index contributed by atoms with van der Waals surface area (Å²) in [5.41, 5.74) is -0.0436. The summed E-state index contributed by atoms with van der Waals surface area (Å²) in [6, 6.07) is 5.26. The summed E-state index contributed by atoms with van der Waals surface area (Å²) in [6.45, 7) is 3.47. The van der Waals surface area contributed by atoms with Crippen LogP contribution in [0.1, 0.15) is 11.1 Å². The van der Waals surface area contributed by atoms with E-state index in [4.69, 9.17) is 11.6 Å². The molecule has 1 N–H and O–H groups in total. The number of para-hydroxylation sites is 1. The zero-order chi connectivity index (χ0) is 13.4. The Morgan fingerprint density at radius 2 is 1.78 bits per heavy atom. The zero-order valence-corrected chi connectivity index (χ0v) is 10.5. The highest BCUT2D eigenvalue weighted by atomic mass is 35.5. The third-order valence-electron chi connectivity index (χ3n) is 2.67. The fourth-order valence-corrected chi connectivity index (χ4v) is 2.01. The average molecular weight is 269 g/mol. The summed E-state index contributed by atoms with van der Waals surface area (Å²) in [5, 5.41) is -0.576. The topological polar surface area (TPSA) is 54.9 Å². The molecule has 18 heavy (non-hydrogen) atoms. The Balaban J connectivity index is 2.94. The number of nitrogens with one attached hydrogen (secondary N) is 1. The van der Waals surface area contributed by atoms with Gasteiger partial charge in [0.25, 0.3) is 5.56 Å². The van der Waals surface area contributed by atoms with Crippen LogP contribution < -0.4 is 11.2 Å². The van der Waals surface area contributed by atoms with Crippen molar-refractivity contribution in [3.63, 3.8) is 0 Å². The molecule has 2 aromatic rings. The van der Waals surface area contributed by atoms with Crippen molar-refractivity contribution in [1.82, 2.24) is 9.55 Å². The van der Waals surface area contributed by atoms with E-state index in [-0.39, 0.29) is 0 Å². The molecule has 1 aromatic carbocycles. The molecular weight excluding hydrogens is 259 g/mol. The number of H-pyrrole nitrogens is 1. The van der Waals surface area contributed by atoms with Crippen LogP contribution in [-0.4, -0.2) is 9.55 Å². The molecule has 1 aromatic heterocycles. The SMILES string of the molecule is Cc1cccc(C)c1-n1c(=O)[nH]c(Cl)c(F)c1=O. The predicted octanol–water partition coefficient (Wildman–Crippen LogP) is 1.94. The molecule has 6 heteroatoms. The van der Waals surface area contributed by atoms with E-state index in [0.717, 1.165) is 4.57 Å². The number of halogens is 2. The third kappa shape index (κ3) is 1.86. The standard InChI is InChI=1S/C12H10ClFN2O2/c1-6-4-3-5-7(2)9(6)16-11(17)8(14)10(13)15-12(16)18/h3-5H,1-2H3,(H,15,18). The second-order valence-electron chi connectivity index (χ2n) is 3.94. The lowest BCUT2D eigenvalue weighted by atomic mass is 10.1. The smallest absolute Gasteiger partial charge is 0.295 e. The van der Waals surface area contributed by atoms with Crippen molar-refractivity contribution in [2.24, 2.45) is 0 Å². The lowest BCUT2D eigenvalue weighted by Gasteiger charge is -2.11. The van der Waals surface area contributed by atoms with Crippen LogP contribution in [0.4, 0.5) is 4.39 Å². The Morgan fingerprint density at radius 1 is 1.22 bits per heavy atom. The van der Waals surface area contributed by atoms with Crippen molar-refractivity contribution >= 4 is 11.6 Å². The lowest BCUT2D eigenvalue weighted by Crippen LogP contribution is -2.36. The van der Waals surface area contributed by atoms with E-state index in [1.165, 1.54) is 0 Å². The van der Waals surface area contributed by atoms with E-state index in [0.29, 0.717) is 16.8 Å². The maximum absolute atomic E-state index is 13.5. The molecule has 0 saturated carbocycles. The maximum Gasteiger partial charge on any atom is 0.334 e. The van der Waals surface area contributed by atoms with Crippen molar-refractivity contribution < 1.29 is 4.39 Å². The van der Waals surface area contributed by atoms with Crippen LogP contribution in [0.2, 0.25) is 5.15 Å². The van der Waals surface area contributed by atoms with Crippen LogP contribution in [0, 0.1) is 19.7 Å². The fourth-order valence-electron chi connectivity index (χ4n) is 1.85. The lowest BCUT2D eigenvalue weighted by molar-refractivity contribution is 0.584. The minimum atomic E-state index is -1.17. The fraction of sp³-hybridized carbons (Fsp3) is 0.167. The Kier molecular flexibility index (Phi) is 3.09. The van der Waals surface area contributed by atoms with Crippen LogP contribution in [-0.2, 0) is 0 Å². The van der Waals surface area contributed by atoms with Gasteiger partial charge in [-0.05, 0) is 25.0 Å². The summed E-state index contributed by atoms with van der Waals surface area (Å²) in [6.07, 6.45) is 0. The van der Waals surface area contributed by atoms with Gasteiger partial charge in [-0.3, -0.25) is 9.78 Å². The molecule has 2 rings (SSSR count). The first kappa shape index (κ1) is 12.6. The number of aromatic nitrogens is 2. The van der Waals surface area contributed by atoms with E-state index in [2.05, 4.69) is 4.98 Å². The van der Waals surface area contributed by atoms with E-state index in [1.54, 1.807) is 32.0 Å². The first-order valence-electron chi connectivity index (χ1n) is 5.20. The molecule has 0 unspecified atom stereocenters. The highest BCUT2D eigenvalue weighted by molar-refractivity contribution is 6.29. The number of rotatable bonds is 1. The van der Waals surface area contributed by atoms with Crippen LogP contribution >= 0.6 is 11.6 Å². The van der Waals surface area contributed by atoms with E-state index >= 15 is 0 Å². The first-order valence-corrected chi connectivity index (χ1v) is 5.58. The molecule has 0 fully saturated rings. The van der Waals surface area contributed by atoms with Gasteiger partial charge in [0.05, 0.1) is 5.69 Å². The molecule has 0 aliphatic rings. The van der Waals surface area contributed by atoms with Gasteiger partial charge in [0.2, 0.25) is 5.82 Å². The van der Waals surface area contributed by atoms with Gasteiger partial charge in [-0.2, -0.15) is 4.39 Å².